The minimum Gasteiger partial charge on any atom is -0.507 e. The van der Waals surface area contributed by atoms with Crippen molar-refractivity contribution in [1.82, 2.24) is 0 Å². The highest BCUT2D eigenvalue weighted by Gasteiger charge is 2.36. The fraction of sp³-hybridized carbons (Fsp3) is 0.417. The summed E-state index contributed by atoms with van der Waals surface area (Å²) in [6, 6.07) is 4.48. The standard InChI is InChI=1S/C12H14O5/c1-6(13)5-9-11(15)7-3-2-4-8(14)10(7)12(16)17-9/h2-4,6,9,11,13-15H,5H2,1H3/t6-,9-,11-/m1/s1. The Hall–Kier alpha value is -1.59. The SMILES string of the molecule is C[C@@H](O)C[C@H]1OC(=O)c2c(O)cccc2[C@H]1O. The van der Waals surface area contributed by atoms with Crippen molar-refractivity contribution >= 4 is 5.97 Å². The maximum atomic E-state index is 11.7. The second kappa shape index (κ2) is 4.35. The zero-order valence-electron chi connectivity index (χ0n) is 9.33. The third-order valence-electron chi connectivity index (χ3n) is 2.78. The number of rotatable bonds is 2. The van der Waals surface area contributed by atoms with Gasteiger partial charge in [0.1, 0.15) is 23.5 Å². The van der Waals surface area contributed by atoms with Gasteiger partial charge in [0, 0.05) is 12.0 Å². The number of cyclic esters (lactones) is 1. The summed E-state index contributed by atoms with van der Waals surface area (Å²) >= 11 is 0. The highest BCUT2D eigenvalue weighted by atomic mass is 16.6. The van der Waals surface area contributed by atoms with Crippen molar-refractivity contribution in [3.05, 3.63) is 29.3 Å². The number of carbonyl (C=O) groups is 1. The first-order chi connectivity index (χ1) is 8.00. The molecule has 0 aliphatic carbocycles. The van der Waals surface area contributed by atoms with E-state index in [1.165, 1.54) is 6.07 Å². The van der Waals surface area contributed by atoms with E-state index in [0.29, 0.717) is 5.56 Å². The van der Waals surface area contributed by atoms with Crippen LogP contribution in [0.4, 0.5) is 0 Å². The van der Waals surface area contributed by atoms with E-state index in [0.717, 1.165) is 0 Å². The van der Waals surface area contributed by atoms with Crippen molar-refractivity contribution in [3.63, 3.8) is 0 Å². The van der Waals surface area contributed by atoms with E-state index in [2.05, 4.69) is 0 Å². The van der Waals surface area contributed by atoms with Crippen molar-refractivity contribution in [1.29, 1.82) is 0 Å². The lowest BCUT2D eigenvalue weighted by Gasteiger charge is -2.30. The highest BCUT2D eigenvalue weighted by molar-refractivity contribution is 5.95. The molecule has 0 bridgehead atoms. The quantitative estimate of drug-likeness (QED) is 0.661. The van der Waals surface area contributed by atoms with Gasteiger partial charge in [0.15, 0.2) is 0 Å². The van der Waals surface area contributed by atoms with Crippen molar-refractivity contribution in [3.8, 4) is 5.75 Å². The first-order valence-electron chi connectivity index (χ1n) is 5.39. The van der Waals surface area contributed by atoms with Gasteiger partial charge in [-0.15, -0.1) is 0 Å². The number of esters is 1. The Bertz CT molecular complexity index is 441. The number of phenolic OH excluding ortho intramolecular Hbond substituents is 1. The Labute approximate surface area is 98.3 Å². The first-order valence-corrected chi connectivity index (χ1v) is 5.39. The molecule has 92 valence electrons. The number of ether oxygens (including phenoxy) is 1. The van der Waals surface area contributed by atoms with Crippen molar-refractivity contribution in [2.45, 2.75) is 31.7 Å². The molecule has 1 aromatic rings. The Morgan fingerprint density at radius 3 is 2.82 bits per heavy atom. The van der Waals surface area contributed by atoms with Gasteiger partial charge in [0.2, 0.25) is 0 Å². The van der Waals surface area contributed by atoms with Crippen LogP contribution in [0.25, 0.3) is 0 Å². The van der Waals surface area contributed by atoms with E-state index in [-0.39, 0.29) is 17.7 Å². The Balaban J connectivity index is 2.38. The third-order valence-corrected chi connectivity index (χ3v) is 2.78. The van der Waals surface area contributed by atoms with Gasteiger partial charge in [-0.2, -0.15) is 0 Å². The largest absolute Gasteiger partial charge is 0.507 e. The molecular weight excluding hydrogens is 224 g/mol. The second-order valence-corrected chi connectivity index (χ2v) is 4.21. The molecule has 2 rings (SSSR count). The minimum atomic E-state index is -1.02. The average molecular weight is 238 g/mol. The summed E-state index contributed by atoms with van der Waals surface area (Å²) in [7, 11) is 0. The van der Waals surface area contributed by atoms with Crippen molar-refractivity contribution in [2.24, 2.45) is 0 Å². The van der Waals surface area contributed by atoms with Crippen LogP contribution in [-0.2, 0) is 4.74 Å². The van der Waals surface area contributed by atoms with E-state index in [4.69, 9.17) is 4.74 Å². The van der Waals surface area contributed by atoms with Crippen LogP contribution in [0.1, 0.15) is 35.4 Å². The molecule has 3 atom stereocenters. The summed E-state index contributed by atoms with van der Waals surface area (Å²) in [5, 5.41) is 28.8. The number of aliphatic hydroxyl groups is 2. The number of hydrogen-bond acceptors (Lipinski definition) is 5. The van der Waals surface area contributed by atoms with Crippen LogP contribution in [0.3, 0.4) is 0 Å². The normalized spacial score (nSPS) is 25.0. The Morgan fingerprint density at radius 1 is 1.47 bits per heavy atom. The molecule has 1 aliphatic rings. The van der Waals surface area contributed by atoms with Crippen LogP contribution in [0, 0.1) is 0 Å². The van der Waals surface area contributed by atoms with Gasteiger partial charge in [-0.05, 0) is 13.0 Å². The van der Waals surface area contributed by atoms with E-state index >= 15 is 0 Å². The predicted molar refractivity (Wildman–Crippen MR) is 58.6 cm³/mol. The molecule has 0 fully saturated rings. The summed E-state index contributed by atoms with van der Waals surface area (Å²) in [6.07, 6.45) is -2.33. The fourth-order valence-corrected chi connectivity index (χ4v) is 2.00. The van der Waals surface area contributed by atoms with Crippen LogP contribution in [0.2, 0.25) is 0 Å². The molecular formula is C12H14O5. The Kier molecular flexibility index (Phi) is 3.04. The summed E-state index contributed by atoms with van der Waals surface area (Å²) in [5.74, 6) is -0.879. The average Bonchev–Trinajstić information content (AvgIpc) is 2.24. The van der Waals surface area contributed by atoms with Gasteiger partial charge in [-0.3, -0.25) is 0 Å². The maximum absolute atomic E-state index is 11.7. The second-order valence-electron chi connectivity index (χ2n) is 4.21. The smallest absolute Gasteiger partial charge is 0.342 e. The number of phenols is 1. The maximum Gasteiger partial charge on any atom is 0.342 e. The van der Waals surface area contributed by atoms with E-state index in [1.54, 1.807) is 19.1 Å². The van der Waals surface area contributed by atoms with E-state index in [9.17, 15) is 20.1 Å². The molecule has 5 heteroatoms. The molecule has 1 heterocycles. The molecule has 0 aromatic heterocycles. The van der Waals surface area contributed by atoms with E-state index in [1.807, 2.05) is 0 Å². The van der Waals surface area contributed by atoms with Gasteiger partial charge in [0.25, 0.3) is 0 Å². The van der Waals surface area contributed by atoms with Crippen LogP contribution in [0.5, 0.6) is 5.75 Å². The lowest BCUT2D eigenvalue weighted by Crippen LogP contribution is -2.34. The molecule has 3 N–H and O–H groups in total. The number of aromatic hydroxyl groups is 1. The summed E-state index contributed by atoms with van der Waals surface area (Å²) in [4.78, 5) is 11.7. The summed E-state index contributed by atoms with van der Waals surface area (Å²) in [6.45, 7) is 1.55. The van der Waals surface area contributed by atoms with Gasteiger partial charge < -0.3 is 20.1 Å². The number of benzene rings is 1. The topological polar surface area (TPSA) is 87.0 Å². The minimum absolute atomic E-state index is 0.00171. The van der Waals surface area contributed by atoms with Crippen molar-refractivity contribution in [2.75, 3.05) is 0 Å². The zero-order valence-corrected chi connectivity index (χ0v) is 9.33. The Morgan fingerprint density at radius 2 is 2.18 bits per heavy atom. The molecule has 0 amide bonds. The molecule has 0 radical (unpaired) electrons. The van der Waals surface area contributed by atoms with Gasteiger partial charge >= 0.3 is 5.97 Å². The summed E-state index contributed by atoms with van der Waals surface area (Å²) < 4.78 is 5.01. The lowest BCUT2D eigenvalue weighted by molar-refractivity contribution is -0.0456. The molecule has 0 spiro atoms. The van der Waals surface area contributed by atoms with Crippen LogP contribution >= 0.6 is 0 Å². The van der Waals surface area contributed by atoms with E-state index < -0.39 is 24.3 Å². The molecule has 0 unspecified atom stereocenters. The van der Waals surface area contributed by atoms with Crippen LogP contribution in [-0.4, -0.2) is 33.5 Å². The lowest BCUT2D eigenvalue weighted by atomic mass is 9.92. The molecule has 5 nitrogen and oxygen atoms in total. The van der Waals surface area contributed by atoms with Crippen molar-refractivity contribution < 1.29 is 24.9 Å². The highest BCUT2D eigenvalue weighted by Crippen LogP contribution is 2.35. The molecule has 1 aliphatic heterocycles. The first kappa shape index (κ1) is 11.9. The van der Waals surface area contributed by atoms with Gasteiger partial charge in [-0.1, -0.05) is 12.1 Å². The number of aliphatic hydroxyl groups excluding tert-OH is 2. The number of hydrogen-bond donors (Lipinski definition) is 3. The third kappa shape index (κ3) is 2.11. The molecule has 1 aromatic carbocycles. The number of fused-ring (bicyclic) bond motifs is 1. The molecule has 0 saturated carbocycles. The molecule has 17 heavy (non-hydrogen) atoms. The zero-order chi connectivity index (χ0) is 12.6. The van der Waals surface area contributed by atoms with Gasteiger partial charge in [-0.25, -0.2) is 4.79 Å². The predicted octanol–water partition coefficient (Wildman–Crippen LogP) is 0.735. The fourth-order valence-electron chi connectivity index (χ4n) is 2.00. The van der Waals surface area contributed by atoms with Crippen LogP contribution < -0.4 is 0 Å². The van der Waals surface area contributed by atoms with Crippen LogP contribution in [0.15, 0.2) is 18.2 Å². The summed E-state index contributed by atoms with van der Waals surface area (Å²) in [5.41, 5.74) is 0.341. The van der Waals surface area contributed by atoms with Gasteiger partial charge in [0.05, 0.1) is 6.10 Å². The monoisotopic (exact) mass is 238 g/mol. The molecule has 0 saturated heterocycles. The number of carbonyl (C=O) groups excluding carboxylic acids is 1.